The molecule has 0 saturated carbocycles. The van der Waals surface area contributed by atoms with Crippen LogP contribution in [0.3, 0.4) is 0 Å². The summed E-state index contributed by atoms with van der Waals surface area (Å²) in [6, 6.07) is 3.18. The van der Waals surface area contributed by atoms with E-state index >= 15 is 0 Å². The van der Waals surface area contributed by atoms with E-state index in [4.69, 9.17) is 31.5 Å². The SMILES string of the molecule is COc1cc2c(cc1OC)N(CCCS(=O)(=O)O)/C(=C\C(C)=c1/s/c(=C3\SC(=S)N(CC(=O)O)C3=O)n(CC(=O)O)c1=O)O2. The second-order valence-corrected chi connectivity index (χ2v) is 13.5. The number of nitrogens with zero attached hydrogens (tertiary/aromatic N) is 3. The van der Waals surface area contributed by atoms with E-state index in [0.29, 0.717) is 28.5 Å². The molecule has 1 saturated heterocycles. The van der Waals surface area contributed by atoms with Gasteiger partial charge in [0.2, 0.25) is 5.88 Å². The first-order valence-corrected chi connectivity index (χ1v) is 16.1. The van der Waals surface area contributed by atoms with Gasteiger partial charge in [-0.05, 0) is 18.9 Å². The van der Waals surface area contributed by atoms with Gasteiger partial charge in [0, 0.05) is 24.8 Å². The predicted molar refractivity (Wildman–Crippen MR) is 164 cm³/mol. The highest BCUT2D eigenvalue weighted by molar-refractivity contribution is 8.30. The molecule has 2 aliphatic rings. The van der Waals surface area contributed by atoms with Gasteiger partial charge in [-0.25, -0.2) is 0 Å². The lowest BCUT2D eigenvalue weighted by atomic mass is 10.2. The van der Waals surface area contributed by atoms with E-state index in [2.05, 4.69) is 0 Å². The number of fused-ring (bicyclic) bond motifs is 1. The smallest absolute Gasteiger partial charge is 0.323 e. The predicted octanol–water partition coefficient (Wildman–Crippen LogP) is 0.254. The van der Waals surface area contributed by atoms with Gasteiger partial charge in [0.15, 0.2) is 17.2 Å². The first-order chi connectivity index (χ1) is 20.6. The normalized spacial score (nSPS) is 17.6. The Kier molecular flexibility index (Phi) is 9.74. The van der Waals surface area contributed by atoms with E-state index in [1.807, 2.05) is 0 Å². The van der Waals surface area contributed by atoms with Crippen LogP contribution in [0.25, 0.3) is 10.5 Å². The summed E-state index contributed by atoms with van der Waals surface area (Å²) < 4.78 is 49.6. The minimum atomic E-state index is -4.25. The molecule has 44 heavy (non-hydrogen) atoms. The van der Waals surface area contributed by atoms with Crippen LogP contribution in [0, 0.1) is 0 Å². The Bertz CT molecular complexity index is 1890. The maximum atomic E-state index is 13.5. The van der Waals surface area contributed by atoms with Crippen molar-refractivity contribution in [3.8, 4) is 17.2 Å². The third-order valence-corrected chi connectivity index (χ3v) is 9.92. The number of benzene rings is 1. The quantitative estimate of drug-likeness (QED) is 0.214. The van der Waals surface area contributed by atoms with E-state index in [1.54, 1.807) is 24.0 Å². The molecule has 2 aromatic rings. The monoisotopic (exact) mass is 687 g/mol. The van der Waals surface area contributed by atoms with Crippen LogP contribution in [-0.4, -0.2) is 87.9 Å². The zero-order valence-electron chi connectivity index (χ0n) is 23.3. The lowest BCUT2D eigenvalue weighted by Gasteiger charge is -2.18. The summed E-state index contributed by atoms with van der Waals surface area (Å²) in [6.07, 6.45) is 1.50. The molecule has 3 N–H and O–H groups in total. The van der Waals surface area contributed by atoms with Gasteiger partial charge >= 0.3 is 11.9 Å². The lowest BCUT2D eigenvalue weighted by Crippen LogP contribution is -2.37. The summed E-state index contributed by atoms with van der Waals surface area (Å²) >= 11 is 6.74. The number of thiazole rings is 1. The maximum Gasteiger partial charge on any atom is 0.323 e. The summed E-state index contributed by atoms with van der Waals surface area (Å²) in [5.41, 5.74) is 0.0812. The number of hydrogen-bond donors (Lipinski definition) is 3. The topological polar surface area (TPSA) is 202 Å². The van der Waals surface area contributed by atoms with Crippen LogP contribution in [0.15, 0.2) is 28.9 Å². The number of aromatic nitrogens is 1. The van der Waals surface area contributed by atoms with Crippen LogP contribution in [0.2, 0.25) is 0 Å². The Labute approximate surface area is 263 Å². The van der Waals surface area contributed by atoms with Gasteiger partial charge in [-0.2, -0.15) is 8.42 Å². The van der Waals surface area contributed by atoms with Crippen LogP contribution < -0.4 is 33.9 Å². The summed E-state index contributed by atoms with van der Waals surface area (Å²) in [7, 11) is -1.37. The summed E-state index contributed by atoms with van der Waals surface area (Å²) in [5.74, 6) is -2.72. The molecule has 1 fully saturated rings. The number of aliphatic carboxylic acids is 2. The summed E-state index contributed by atoms with van der Waals surface area (Å²) in [4.78, 5) is 51.8. The van der Waals surface area contributed by atoms with Gasteiger partial charge in [-0.1, -0.05) is 24.0 Å². The molecule has 0 spiro atoms. The molecule has 1 amide bonds. The van der Waals surface area contributed by atoms with E-state index < -0.39 is 52.4 Å². The van der Waals surface area contributed by atoms with Crippen molar-refractivity contribution in [2.45, 2.75) is 19.9 Å². The fourth-order valence-corrected chi connectivity index (χ4v) is 7.35. The second-order valence-electron chi connectivity index (χ2n) is 9.24. The van der Waals surface area contributed by atoms with E-state index in [1.165, 1.54) is 20.3 Å². The Balaban J connectivity index is 1.88. The lowest BCUT2D eigenvalue weighted by molar-refractivity contribution is -0.140. The summed E-state index contributed by atoms with van der Waals surface area (Å²) in [5, 5.41) is 18.6. The number of carboxylic acids is 2. The molecule has 2 aliphatic heterocycles. The van der Waals surface area contributed by atoms with Crippen molar-refractivity contribution in [1.29, 1.82) is 0 Å². The Morgan fingerprint density at radius 1 is 1.07 bits per heavy atom. The van der Waals surface area contributed by atoms with Crippen molar-refractivity contribution in [2.75, 3.05) is 38.0 Å². The number of ether oxygens (including phenoxy) is 3. The number of methoxy groups -OCH3 is 2. The highest BCUT2D eigenvalue weighted by Gasteiger charge is 2.36. The number of hydrogen-bond acceptors (Lipinski definition) is 13. The van der Waals surface area contributed by atoms with Crippen LogP contribution in [-0.2, 0) is 31.0 Å². The number of anilines is 1. The van der Waals surface area contributed by atoms with E-state index in [0.717, 1.165) is 32.6 Å². The van der Waals surface area contributed by atoms with E-state index in [-0.39, 0.29) is 37.3 Å². The Morgan fingerprint density at radius 3 is 2.30 bits per heavy atom. The number of carbonyl (C=O) groups excluding carboxylic acids is 1. The molecule has 1 aromatic carbocycles. The third-order valence-electron chi connectivity index (χ3n) is 6.23. The molecule has 236 valence electrons. The number of carbonyl (C=O) groups is 3. The number of amides is 1. The third kappa shape index (κ3) is 6.91. The van der Waals surface area contributed by atoms with Crippen molar-refractivity contribution in [3.05, 3.63) is 43.6 Å². The molecule has 4 rings (SSSR count). The molecule has 0 unspecified atom stereocenters. The number of allylic oxidation sites excluding steroid dienone is 1. The fraction of sp³-hybridized carbons (Fsp3) is 0.320. The number of rotatable bonds is 11. The standard InChI is InChI=1S/C25H25N3O12S4/c1-12(7-17-26(5-4-6-44(35,36)37)13-8-15(38-2)16(39-3)9-14(13)40-17)20-22(33)27(10-18(29)30)24(42-20)21-23(34)28(11-19(31)32)25(41)43-21/h7-9H,4-6,10-11H2,1-3H3,(H,29,30)(H,31,32)(H,35,36,37)/b17-7+,20-12-,24-21-. The molecule has 3 heterocycles. The minimum Gasteiger partial charge on any atom is -0.493 e. The fourth-order valence-electron chi connectivity index (χ4n) is 4.33. The molecule has 0 aliphatic carbocycles. The molecular formula is C25H25N3O12S4. The highest BCUT2D eigenvalue weighted by Crippen LogP contribution is 2.46. The van der Waals surface area contributed by atoms with Gasteiger partial charge in [0.1, 0.15) is 27.0 Å². The molecular weight excluding hydrogens is 663 g/mol. The van der Waals surface area contributed by atoms with Crippen molar-refractivity contribution in [1.82, 2.24) is 9.47 Å². The average Bonchev–Trinajstić information content (AvgIpc) is 3.53. The molecule has 19 heteroatoms. The van der Waals surface area contributed by atoms with E-state index in [9.17, 15) is 37.3 Å². The highest BCUT2D eigenvalue weighted by atomic mass is 32.2. The largest absolute Gasteiger partial charge is 0.493 e. The number of carboxylic acid groups (broad SMARTS) is 2. The van der Waals surface area contributed by atoms with Gasteiger partial charge < -0.3 is 29.3 Å². The van der Waals surface area contributed by atoms with Crippen LogP contribution in [0.1, 0.15) is 13.3 Å². The zero-order valence-corrected chi connectivity index (χ0v) is 26.5. The number of thioether (sulfide) groups is 1. The first kappa shape index (κ1) is 33.0. The van der Waals surface area contributed by atoms with Gasteiger partial charge in [0.05, 0.1) is 30.2 Å². The van der Waals surface area contributed by atoms with Gasteiger partial charge in [0.25, 0.3) is 21.6 Å². The van der Waals surface area contributed by atoms with Crippen molar-refractivity contribution < 1.29 is 51.8 Å². The Hall–Kier alpha value is -3.91. The average molecular weight is 688 g/mol. The molecule has 15 nitrogen and oxygen atoms in total. The van der Waals surface area contributed by atoms with Crippen molar-refractivity contribution >= 4 is 83.8 Å². The van der Waals surface area contributed by atoms with Crippen LogP contribution in [0.4, 0.5) is 5.69 Å². The Morgan fingerprint density at radius 2 is 1.70 bits per heavy atom. The van der Waals surface area contributed by atoms with Crippen molar-refractivity contribution in [2.24, 2.45) is 0 Å². The van der Waals surface area contributed by atoms with Crippen molar-refractivity contribution in [3.63, 3.8) is 0 Å². The van der Waals surface area contributed by atoms with Crippen LogP contribution in [0.5, 0.6) is 17.2 Å². The minimum absolute atomic E-state index is 0.00530. The second kappa shape index (κ2) is 13.0. The molecule has 0 radical (unpaired) electrons. The van der Waals surface area contributed by atoms with Gasteiger partial charge in [-0.15, -0.1) is 11.3 Å². The summed E-state index contributed by atoms with van der Waals surface area (Å²) in [6.45, 7) is 0.156. The first-order valence-electron chi connectivity index (χ1n) is 12.5. The van der Waals surface area contributed by atoms with Gasteiger partial charge in [-0.3, -0.25) is 33.2 Å². The zero-order chi connectivity index (χ0) is 32.5. The van der Waals surface area contributed by atoms with Crippen LogP contribution >= 0.6 is 35.3 Å². The molecule has 1 aromatic heterocycles. The molecule has 0 atom stereocenters. The number of thiocarbonyl (C=S) groups is 1. The maximum absolute atomic E-state index is 13.5. The molecule has 0 bridgehead atoms.